The lowest BCUT2D eigenvalue weighted by molar-refractivity contribution is -0.137. The Morgan fingerprint density at radius 2 is 2.00 bits per heavy atom. The van der Waals surface area contributed by atoms with Crippen LogP contribution in [-0.2, 0) is 12.6 Å². The van der Waals surface area contributed by atoms with Crippen LogP contribution in [0.5, 0.6) is 0 Å². The Morgan fingerprint density at radius 3 is 2.47 bits per heavy atom. The largest absolute Gasteiger partial charge is 0.417 e. The molecule has 0 heterocycles. The summed E-state index contributed by atoms with van der Waals surface area (Å²) in [5.41, 5.74) is 5.25. The molecule has 0 aliphatic rings. The Balaban J connectivity index is 3.06. The molecule has 0 radical (unpaired) electrons. The van der Waals surface area contributed by atoms with Crippen molar-refractivity contribution in [3.05, 3.63) is 34.3 Å². The molecule has 0 bridgehead atoms. The minimum atomic E-state index is -4.41. The molecule has 0 aliphatic heterocycles. The van der Waals surface area contributed by atoms with Crippen LogP contribution in [-0.4, -0.2) is 6.04 Å². The van der Waals surface area contributed by atoms with E-state index in [1.165, 1.54) is 6.07 Å². The third-order valence-corrected chi connectivity index (χ3v) is 2.22. The van der Waals surface area contributed by atoms with Crippen LogP contribution >= 0.6 is 11.6 Å². The summed E-state index contributed by atoms with van der Waals surface area (Å²) in [6, 6.07) is 3.68. The highest BCUT2D eigenvalue weighted by atomic mass is 35.5. The summed E-state index contributed by atoms with van der Waals surface area (Å²) < 4.78 is 37.4. The average molecular weight is 238 g/mol. The van der Waals surface area contributed by atoms with Crippen LogP contribution in [0.4, 0.5) is 13.2 Å². The fraction of sp³-hybridized carbons (Fsp3) is 0.400. The Kier molecular flexibility index (Phi) is 3.62. The number of hydrogen-bond donors (Lipinski definition) is 1. The van der Waals surface area contributed by atoms with Crippen LogP contribution in [0, 0.1) is 0 Å². The van der Waals surface area contributed by atoms with E-state index in [0.29, 0.717) is 12.0 Å². The molecule has 0 unspecified atom stereocenters. The normalized spacial score (nSPS) is 14.0. The molecule has 2 N–H and O–H groups in total. The van der Waals surface area contributed by atoms with Gasteiger partial charge in [0.05, 0.1) is 10.6 Å². The molecule has 0 aliphatic carbocycles. The summed E-state index contributed by atoms with van der Waals surface area (Å²) in [5, 5.41) is -0.282. The van der Waals surface area contributed by atoms with E-state index in [4.69, 9.17) is 17.3 Å². The maximum atomic E-state index is 12.5. The first-order valence-electron chi connectivity index (χ1n) is 4.42. The molecule has 0 fully saturated rings. The highest BCUT2D eigenvalue weighted by Gasteiger charge is 2.33. The van der Waals surface area contributed by atoms with Crippen LogP contribution in [0.15, 0.2) is 18.2 Å². The number of hydrogen-bond acceptors (Lipinski definition) is 1. The molecular formula is C10H11ClF3N. The van der Waals surface area contributed by atoms with E-state index < -0.39 is 11.7 Å². The monoisotopic (exact) mass is 237 g/mol. The Labute approximate surface area is 91.0 Å². The fourth-order valence-electron chi connectivity index (χ4n) is 1.29. The smallest absolute Gasteiger partial charge is 0.328 e. The number of nitrogens with two attached hydrogens (primary N) is 1. The molecule has 1 atom stereocenters. The standard InChI is InChI=1S/C10H11ClF3N/c1-6(15)4-7-2-3-9(11)8(5-7)10(12,13)14/h2-3,5-6H,4,15H2,1H3/t6-/m1/s1. The predicted molar refractivity (Wildman–Crippen MR) is 53.8 cm³/mol. The molecule has 0 saturated carbocycles. The van der Waals surface area contributed by atoms with Gasteiger partial charge in [0.2, 0.25) is 0 Å². The average Bonchev–Trinajstić information content (AvgIpc) is 2.05. The third kappa shape index (κ3) is 3.39. The van der Waals surface area contributed by atoms with Gasteiger partial charge in [-0.1, -0.05) is 17.7 Å². The maximum absolute atomic E-state index is 12.5. The second-order valence-corrected chi connectivity index (χ2v) is 3.90. The van der Waals surface area contributed by atoms with Crippen molar-refractivity contribution in [1.82, 2.24) is 0 Å². The molecule has 1 aromatic rings. The van der Waals surface area contributed by atoms with E-state index in [2.05, 4.69) is 0 Å². The zero-order chi connectivity index (χ0) is 11.6. The molecular weight excluding hydrogens is 227 g/mol. The predicted octanol–water partition coefficient (Wildman–Crippen LogP) is 3.25. The summed E-state index contributed by atoms with van der Waals surface area (Å²) in [7, 11) is 0. The molecule has 5 heteroatoms. The number of rotatable bonds is 2. The molecule has 0 spiro atoms. The Morgan fingerprint density at radius 1 is 1.40 bits per heavy atom. The fourth-order valence-corrected chi connectivity index (χ4v) is 1.51. The van der Waals surface area contributed by atoms with Crippen molar-refractivity contribution in [3.8, 4) is 0 Å². The van der Waals surface area contributed by atoms with Crippen LogP contribution < -0.4 is 5.73 Å². The van der Waals surface area contributed by atoms with E-state index in [9.17, 15) is 13.2 Å². The first-order chi connectivity index (χ1) is 6.80. The van der Waals surface area contributed by atoms with Crippen molar-refractivity contribution < 1.29 is 13.2 Å². The number of alkyl halides is 3. The summed E-state index contributed by atoms with van der Waals surface area (Å²) in [6.45, 7) is 1.74. The van der Waals surface area contributed by atoms with Crippen molar-refractivity contribution >= 4 is 11.6 Å². The summed E-state index contributed by atoms with van der Waals surface area (Å²) in [5.74, 6) is 0. The van der Waals surface area contributed by atoms with Gasteiger partial charge in [-0.15, -0.1) is 0 Å². The van der Waals surface area contributed by atoms with Gasteiger partial charge in [-0.25, -0.2) is 0 Å². The van der Waals surface area contributed by atoms with Gasteiger partial charge in [-0.2, -0.15) is 13.2 Å². The molecule has 15 heavy (non-hydrogen) atoms. The lowest BCUT2D eigenvalue weighted by Gasteiger charge is -2.11. The molecule has 1 rings (SSSR count). The van der Waals surface area contributed by atoms with E-state index in [-0.39, 0.29) is 11.1 Å². The van der Waals surface area contributed by atoms with Gasteiger partial charge in [0.25, 0.3) is 0 Å². The first kappa shape index (κ1) is 12.3. The minimum absolute atomic E-state index is 0.174. The van der Waals surface area contributed by atoms with Crippen LogP contribution in [0.1, 0.15) is 18.1 Å². The van der Waals surface area contributed by atoms with Gasteiger partial charge in [0, 0.05) is 6.04 Å². The van der Waals surface area contributed by atoms with Crippen LogP contribution in [0.3, 0.4) is 0 Å². The summed E-state index contributed by atoms with van der Waals surface area (Å²) >= 11 is 5.47. The van der Waals surface area contributed by atoms with E-state index >= 15 is 0 Å². The molecule has 0 aromatic heterocycles. The zero-order valence-corrected chi connectivity index (χ0v) is 8.86. The maximum Gasteiger partial charge on any atom is 0.417 e. The Hall–Kier alpha value is -0.740. The highest BCUT2D eigenvalue weighted by molar-refractivity contribution is 6.31. The van der Waals surface area contributed by atoms with Crippen molar-refractivity contribution in [2.24, 2.45) is 5.73 Å². The van der Waals surface area contributed by atoms with Gasteiger partial charge in [0.15, 0.2) is 0 Å². The van der Waals surface area contributed by atoms with Crippen LogP contribution in [0.25, 0.3) is 0 Å². The molecule has 0 saturated heterocycles. The Bertz CT molecular complexity index is 347. The van der Waals surface area contributed by atoms with Crippen molar-refractivity contribution in [3.63, 3.8) is 0 Å². The summed E-state index contributed by atoms with van der Waals surface area (Å²) in [6.07, 6.45) is -4.01. The second kappa shape index (κ2) is 4.41. The van der Waals surface area contributed by atoms with Crippen molar-refractivity contribution in [1.29, 1.82) is 0 Å². The van der Waals surface area contributed by atoms with E-state index in [1.54, 1.807) is 13.0 Å². The van der Waals surface area contributed by atoms with E-state index in [0.717, 1.165) is 6.07 Å². The van der Waals surface area contributed by atoms with Crippen LogP contribution in [0.2, 0.25) is 5.02 Å². The van der Waals surface area contributed by atoms with Crippen molar-refractivity contribution in [2.75, 3.05) is 0 Å². The molecule has 1 aromatic carbocycles. The lowest BCUT2D eigenvalue weighted by Crippen LogP contribution is -2.18. The van der Waals surface area contributed by atoms with Gasteiger partial charge >= 0.3 is 6.18 Å². The van der Waals surface area contributed by atoms with Gasteiger partial charge in [0.1, 0.15) is 0 Å². The third-order valence-electron chi connectivity index (χ3n) is 1.89. The molecule has 1 nitrogen and oxygen atoms in total. The van der Waals surface area contributed by atoms with Gasteiger partial charge in [-0.05, 0) is 31.0 Å². The number of benzene rings is 1. The SMILES string of the molecule is C[C@@H](N)Cc1ccc(Cl)c(C(F)(F)F)c1. The van der Waals surface area contributed by atoms with E-state index in [1.807, 2.05) is 0 Å². The zero-order valence-electron chi connectivity index (χ0n) is 8.11. The van der Waals surface area contributed by atoms with Gasteiger partial charge in [-0.3, -0.25) is 0 Å². The van der Waals surface area contributed by atoms with Gasteiger partial charge < -0.3 is 5.73 Å². The van der Waals surface area contributed by atoms with Crippen molar-refractivity contribution in [2.45, 2.75) is 25.6 Å². The second-order valence-electron chi connectivity index (χ2n) is 3.49. The topological polar surface area (TPSA) is 26.0 Å². The first-order valence-corrected chi connectivity index (χ1v) is 4.79. The highest BCUT2D eigenvalue weighted by Crippen LogP contribution is 2.35. The summed E-state index contributed by atoms with van der Waals surface area (Å²) in [4.78, 5) is 0. The molecule has 0 amide bonds. The quantitative estimate of drug-likeness (QED) is 0.840. The lowest BCUT2D eigenvalue weighted by atomic mass is 10.0. The minimum Gasteiger partial charge on any atom is -0.328 e. The molecule has 84 valence electrons. The number of halogens is 4.